The van der Waals surface area contributed by atoms with Crippen LogP contribution in [0.1, 0.15) is 26.7 Å². The molecule has 11 heavy (non-hydrogen) atoms. The average Bonchev–Trinajstić information content (AvgIpc) is 1.85. The first kappa shape index (κ1) is 8.53. The summed E-state index contributed by atoms with van der Waals surface area (Å²) in [5, 5.41) is 12.0. The molecule has 0 amide bonds. The van der Waals surface area contributed by atoms with E-state index in [0.717, 1.165) is 12.8 Å². The monoisotopic (exact) mass is 157 g/mol. The number of nitrogens with one attached hydrogen (secondary N) is 1. The highest BCUT2D eigenvalue weighted by Crippen LogP contribution is 2.19. The van der Waals surface area contributed by atoms with Crippen molar-refractivity contribution >= 4 is 5.97 Å². The van der Waals surface area contributed by atoms with Crippen LogP contribution in [0.3, 0.4) is 0 Å². The minimum atomic E-state index is -0.670. The number of aliphatic carboxylic acids is 1. The molecule has 1 aliphatic heterocycles. The van der Waals surface area contributed by atoms with Crippen molar-refractivity contribution in [2.45, 2.75) is 38.8 Å². The summed E-state index contributed by atoms with van der Waals surface area (Å²) in [6, 6.07) is 0.594. The van der Waals surface area contributed by atoms with Crippen molar-refractivity contribution in [3.63, 3.8) is 0 Å². The molecule has 1 aliphatic rings. The molecule has 3 nitrogen and oxygen atoms in total. The first-order valence-electron chi connectivity index (χ1n) is 4.10. The average molecular weight is 157 g/mol. The SMILES string of the molecule is C[C@@H]1CC[C@H](C(=O)O)[C@@H](C)N1. The van der Waals surface area contributed by atoms with E-state index >= 15 is 0 Å². The van der Waals surface area contributed by atoms with Crippen LogP contribution in [-0.2, 0) is 4.79 Å². The molecule has 3 atom stereocenters. The third-order valence-electron chi connectivity index (χ3n) is 2.38. The number of carboxylic acids is 1. The molecule has 0 radical (unpaired) electrons. The lowest BCUT2D eigenvalue weighted by Crippen LogP contribution is -2.47. The maximum atomic E-state index is 10.6. The van der Waals surface area contributed by atoms with Crippen LogP contribution in [0.15, 0.2) is 0 Å². The zero-order valence-electron chi connectivity index (χ0n) is 7.00. The lowest BCUT2D eigenvalue weighted by Gasteiger charge is -2.31. The van der Waals surface area contributed by atoms with Crippen molar-refractivity contribution in [2.75, 3.05) is 0 Å². The third kappa shape index (κ3) is 1.93. The zero-order valence-corrected chi connectivity index (χ0v) is 7.00. The second-order valence-electron chi connectivity index (χ2n) is 3.38. The van der Waals surface area contributed by atoms with Crippen molar-refractivity contribution in [1.29, 1.82) is 0 Å². The van der Waals surface area contributed by atoms with Crippen LogP contribution in [0.5, 0.6) is 0 Å². The normalized spacial score (nSPS) is 38.5. The molecule has 0 spiro atoms. The van der Waals surface area contributed by atoms with Gasteiger partial charge in [0.1, 0.15) is 0 Å². The Morgan fingerprint density at radius 3 is 2.55 bits per heavy atom. The van der Waals surface area contributed by atoms with Gasteiger partial charge in [-0.15, -0.1) is 0 Å². The van der Waals surface area contributed by atoms with Gasteiger partial charge >= 0.3 is 5.97 Å². The van der Waals surface area contributed by atoms with E-state index in [1.165, 1.54) is 0 Å². The molecule has 1 saturated heterocycles. The second kappa shape index (κ2) is 3.22. The maximum Gasteiger partial charge on any atom is 0.308 e. The van der Waals surface area contributed by atoms with Crippen LogP contribution in [0.4, 0.5) is 0 Å². The predicted molar refractivity (Wildman–Crippen MR) is 42.4 cm³/mol. The number of rotatable bonds is 1. The summed E-state index contributed by atoms with van der Waals surface area (Å²) in [7, 11) is 0. The van der Waals surface area contributed by atoms with E-state index in [9.17, 15) is 4.79 Å². The standard InChI is InChI=1S/C8H15NO2/c1-5-3-4-7(8(10)11)6(2)9-5/h5-7,9H,3-4H2,1-2H3,(H,10,11)/t5-,6-,7+/m1/s1. The lowest BCUT2D eigenvalue weighted by atomic mass is 9.89. The topological polar surface area (TPSA) is 49.3 Å². The van der Waals surface area contributed by atoms with Crippen LogP contribution in [0, 0.1) is 5.92 Å². The highest BCUT2D eigenvalue weighted by molar-refractivity contribution is 5.70. The van der Waals surface area contributed by atoms with E-state index in [1.54, 1.807) is 0 Å². The Morgan fingerprint density at radius 1 is 1.45 bits per heavy atom. The van der Waals surface area contributed by atoms with Gasteiger partial charge in [0.05, 0.1) is 5.92 Å². The van der Waals surface area contributed by atoms with Crippen molar-refractivity contribution in [1.82, 2.24) is 5.32 Å². The fourth-order valence-corrected chi connectivity index (χ4v) is 1.67. The highest BCUT2D eigenvalue weighted by Gasteiger charge is 2.29. The fourth-order valence-electron chi connectivity index (χ4n) is 1.67. The first-order valence-corrected chi connectivity index (χ1v) is 4.10. The Hall–Kier alpha value is -0.570. The maximum absolute atomic E-state index is 10.6. The minimum absolute atomic E-state index is 0.122. The van der Waals surface area contributed by atoms with E-state index in [2.05, 4.69) is 12.2 Å². The molecule has 1 heterocycles. The summed E-state index contributed by atoms with van der Waals surface area (Å²) < 4.78 is 0. The Bertz CT molecular complexity index is 158. The summed E-state index contributed by atoms with van der Waals surface area (Å²) >= 11 is 0. The van der Waals surface area contributed by atoms with Crippen LogP contribution in [0.25, 0.3) is 0 Å². The van der Waals surface area contributed by atoms with Gasteiger partial charge in [0, 0.05) is 12.1 Å². The molecule has 0 aromatic heterocycles. The molecule has 0 unspecified atom stereocenters. The van der Waals surface area contributed by atoms with E-state index in [-0.39, 0.29) is 12.0 Å². The Balaban J connectivity index is 2.50. The molecule has 1 rings (SSSR count). The number of carboxylic acid groups (broad SMARTS) is 1. The number of piperidine rings is 1. The van der Waals surface area contributed by atoms with Crippen LogP contribution >= 0.6 is 0 Å². The fraction of sp³-hybridized carbons (Fsp3) is 0.875. The second-order valence-corrected chi connectivity index (χ2v) is 3.38. The predicted octanol–water partition coefficient (Wildman–Crippen LogP) is 0.848. The van der Waals surface area contributed by atoms with Gasteiger partial charge in [0.25, 0.3) is 0 Å². The number of hydrogen-bond donors (Lipinski definition) is 2. The van der Waals surface area contributed by atoms with Gasteiger partial charge in [-0.25, -0.2) is 0 Å². The Morgan fingerprint density at radius 2 is 2.09 bits per heavy atom. The largest absolute Gasteiger partial charge is 0.481 e. The van der Waals surface area contributed by atoms with Crippen molar-refractivity contribution in [2.24, 2.45) is 5.92 Å². The van der Waals surface area contributed by atoms with E-state index in [4.69, 9.17) is 5.11 Å². The summed E-state index contributed by atoms with van der Waals surface area (Å²) in [6.45, 7) is 4.03. The molecule has 0 aromatic rings. The minimum Gasteiger partial charge on any atom is -0.481 e. The summed E-state index contributed by atoms with van der Waals surface area (Å²) in [5.41, 5.74) is 0. The van der Waals surface area contributed by atoms with Crippen molar-refractivity contribution in [3.05, 3.63) is 0 Å². The Labute approximate surface area is 66.8 Å². The highest BCUT2D eigenvalue weighted by atomic mass is 16.4. The van der Waals surface area contributed by atoms with Gasteiger partial charge in [-0.2, -0.15) is 0 Å². The quantitative estimate of drug-likeness (QED) is 0.593. The molecule has 64 valence electrons. The van der Waals surface area contributed by atoms with Gasteiger partial charge in [-0.05, 0) is 26.7 Å². The molecule has 1 fully saturated rings. The van der Waals surface area contributed by atoms with Gasteiger partial charge in [0.15, 0.2) is 0 Å². The lowest BCUT2D eigenvalue weighted by molar-refractivity contribution is -0.143. The molecule has 0 saturated carbocycles. The molecule has 2 N–H and O–H groups in total. The summed E-state index contributed by atoms with van der Waals surface area (Å²) in [5.74, 6) is -0.858. The smallest absolute Gasteiger partial charge is 0.308 e. The van der Waals surface area contributed by atoms with Crippen LogP contribution in [0.2, 0.25) is 0 Å². The molecule has 0 bridgehead atoms. The number of carbonyl (C=O) groups is 1. The molecular weight excluding hydrogens is 142 g/mol. The van der Waals surface area contributed by atoms with E-state index < -0.39 is 5.97 Å². The zero-order chi connectivity index (χ0) is 8.43. The molecule has 0 aromatic carbocycles. The van der Waals surface area contributed by atoms with Gasteiger partial charge in [-0.1, -0.05) is 0 Å². The van der Waals surface area contributed by atoms with Crippen LogP contribution < -0.4 is 5.32 Å². The first-order chi connectivity index (χ1) is 5.11. The van der Waals surface area contributed by atoms with Crippen LogP contribution in [-0.4, -0.2) is 23.2 Å². The van der Waals surface area contributed by atoms with E-state index in [1.807, 2.05) is 6.92 Å². The van der Waals surface area contributed by atoms with Gasteiger partial charge in [-0.3, -0.25) is 4.79 Å². The van der Waals surface area contributed by atoms with Crippen molar-refractivity contribution in [3.8, 4) is 0 Å². The summed E-state index contributed by atoms with van der Waals surface area (Å²) in [4.78, 5) is 10.6. The number of hydrogen-bond acceptors (Lipinski definition) is 2. The molecule has 3 heteroatoms. The molecular formula is C8H15NO2. The van der Waals surface area contributed by atoms with Gasteiger partial charge in [0.2, 0.25) is 0 Å². The summed E-state index contributed by atoms with van der Waals surface area (Å²) in [6.07, 6.45) is 1.78. The van der Waals surface area contributed by atoms with Gasteiger partial charge < -0.3 is 10.4 Å². The molecule has 0 aliphatic carbocycles. The van der Waals surface area contributed by atoms with E-state index in [0.29, 0.717) is 6.04 Å². The Kier molecular flexibility index (Phi) is 2.49. The van der Waals surface area contributed by atoms with Crippen molar-refractivity contribution < 1.29 is 9.90 Å². The third-order valence-corrected chi connectivity index (χ3v) is 2.38.